The van der Waals surface area contributed by atoms with E-state index in [1.165, 1.54) is 11.1 Å². The lowest BCUT2D eigenvalue weighted by molar-refractivity contribution is 0.0733. The maximum atomic E-state index is 12.8. The van der Waals surface area contributed by atoms with Gasteiger partial charge in [0, 0.05) is 51.5 Å². The first kappa shape index (κ1) is 17.5. The molecule has 0 aliphatic carbocycles. The summed E-state index contributed by atoms with van der Waals surface area (Å²) in [6.07, 6.45) is 0.988. The van der Waals surface area contributed by atoms with Gasteiger partial charge >= 0.3 is 0 Å². The van der Waals surface area contributed by atoms with Gasteiger partial charge in [0.25, 0.3) is 5.91 Å². The average Bonchev–Trinajstić information content (AvgIpc) is 2.61. The quantitative estimate of drug-likeness (QED) is 0.858. The third-order valence-corrected chi connectivity index (χ3v) is 5.06. The van der Waals surface area contributed by atoms with Crippen molar-refractivity contribution in [1.82, 2.24) is 9.80 Å². The fourth-order valence-corrected chi connectivity index (χ4v) is 3.46. The lowest BCUT2D eigenvalue weighted by Crippen LogP contribution is -2.46. The zero-order valence-electron chi connectivity index (χ0n) is 15.6. The standard InChI is InChI=1S/C21H27N3O/c1-22(2)19-11-7-10-17(13-19)21(25)24(4)15-20-12-16-8-5-6-9-18(16)14-23(20)3/h5-11,13,20H,12,14-15H2,1-4H3/t20-/m0/s1. The Labute approximate surface area is 150 Å². The van der Waals surface area contributed by atoms with E-state index in [0.29, 0.717) is 6.04 Å². The minimum absolute atomic E-state index is 0.0796. The van der Waals surface area contributed by atoms with Crippen molar-refractivity contribution >= 4 is 11.6 Å². The first-order valence-electron chi connectivity index (χ1n) is 8.75. The molecule has 0 N–H and O–H groups in total. The van der Waals surface area contributed by atoms with Crippen LogP contribution in [0.3, 0.4) is 0 Å². The van der Waals surface area contributed by atoms with Gasteiger partial charge in [0.05, 0.1) is 0 Å². The molecule has 0 radical (unpaired) electrons. The van der Waals surface area contributed by atoms with Gasteiger partial charge in [0.1, 0.15) is 0 Å². The molecular weight excluding hydrogens is 310 g/mol. The van der Waals surface area contributed by atoms with E-state index in [0.717, 1.165) is 30.8 Å². The number of benzene rings is 2. The summed E-state index contributed by atoms with van der Waals surface area (Å²) >= 11 is 0. The van der Waals surface area contributed by atoms with Crippen LogP contribution in [0.15, 0.2) is 48.5 Å². The summed E-state index contributed by atoms with van der Waals surface area (Å²) in [5, 5.41) is 0. The molecular formula is C21H27N3O. The predicted molar refractivity (Wildman–Crippen MR) is 103 cm³/mol. The molecule has 0 bridgehead atoms. The molecule has 0 saturated carbocycles. The van der Waals surface area contributed by atoms with Gasteiger partial charge in [0.15, 0.2) is 0 Å². The summed E-state index contributed by atoms with van der Waals surface area (Å²) in [7, 11) is 8.02. The molecule has 0 unspecified atom stereocenters. The van der Waals surface area contributed by atoms with Crippen LogP contribution in [0.2, 0.25) is 0 Å². The number of anilines is 1. The molecule has 132 valence electrons. The SMILES string of the molecule is CN(C[C@@H]1Cc2ccccc2CN1C)C(=O)c1cccc(N(C)C)c1. The van der Waals surface area contributed by atoms with Crippen molar-refractivity contribution in [2.45, 2.75) is 19.0 Å². The van der Waals surface area contributed by atoms with Crippen molar-refractivity contribution in [3.8, 4) is 0 Å². The maximum absolute atomic E-state index is 12.8. The normalized spacial score (nSPS) is 17.0. The van der Waals surface area contributed by atoms with E-state index in [1.807, 2.05) is 55.2 Å². The van der Waals surface area contributed by atoms with Crippen molar-refractivity contribution in [1.29, 1.82) is 0 Å². The Kier molecular flexibility index (Phi) is 5.09. The highest BCUT2D eigenvalue weighted by molar-refractivity contribution is 5.95. The molecule has 1 aliphatic rings. The van der Waals surface area contributed by atoms with Crippen LogP contribution in [0, 0.1) is 0 Å². The van der Waals surface area contributed by atoms with Crippen molar-refractivity contribution in [2.24, 2.45) is 0 Å². The van der Waals surface area contributed by atoms with Gasteiger partial charge in [-0.3, -0.25) is 9.69 Å². The number of fused-ring (bicyclic) bond motifs is 1. The predicted octanol–water partition coefficient (Wildman–Crippen LogP) is 2.88. The molecule has 0 aromatic heterocycles. The lowest BCUT2D eigenvalue weighted by Gasteiger charge is -2.36. The second kappa shape index (κ2) is 7.28. The molecule has 2 aromatic rings. The molecule has 2 aromatic carbocycles. The lowest BCUT2D eigenvalue weighted by atomic mass is 9.94. The highest BCUT2D eigenvalue weighted by Crippen LogP contribution is 2.23. The molecule has 4 nitrogen and oxygen atoms in total. The molecule has 1 atom stereocenters. The van der Waals surface area contributed by atoms with Gasteiger partial charge in [-0.1, -0.05) is 30.3 Å². The van der Waals surface area contributed by atoms with Crippen LogP contribution in [-0.4, -0.2) is 56.5 Å². The Morgan fingerprint density at radius 3 is 2.52 bits per heavy atom. The van der Waals surface area contributed by atoms with Gasteiger partial charge in [-0.15, -0.1) is 0 Å². The van der Waals surface area contributed by atoms with Gasteiger partial charge in [-0.05, 0) is 42.8 Å². The minimum atomic E-state index is 0.0796. The van der Waals surface area contributed by atoms with Gasteiger partial charge in [0.2, 0.25) is 0 Å². The first-order valence-corrected chi connectivity index (χ1v) is 8.75. The number of nitrogens with zero attached hydrogens (tertiary/aromatic N) is 3. The number of rotatable bonds is 4. The van der Waals surface area contributed by atoms with Crippen molar-refractivity contribution in [3.05, 3.63) is 65.2 Å². The highest BCUT2D eigenvalue weighted by Gasteiger charge is 2.25. The topological polar surface area (TPSA) is 26.8 Å². The number of amides is 1. The molecule has 1 heterocycles. The number of carbonyl (C=O) groups is 1. The van der Waals surface area contributed by atoms with Crippen LogP contribution in [0.1, 0.15) is 21.5 Å². The molecule has 4 heteroatoms. The third-order valence-electron chi connectivity index (χ3n) is 5.06. The summed E-state index contributed by atoms with van der Waals surface area (Å²) in [6, 6.07) is 16.8. The average molecular weight is 337 g/mol. The maximum Gasteiger partial charge on any atom is 0.253 e. The van der Waals surface area contributed by atoms with Crippen molar-refractivity contribution in [3.63, 3.8) is 0 Å². The van der Waals surface area contributed by atoms with Gasteiger partial charge in [-0.25, -0.2) is 0 Å². The van der Waals surface area contributed by atoms with Crippen LogP contribution < -0.4 is 4.90 Å². The van der Waals surface area contributed by atoms with E-state index in [1.54, 1.807) is 0 Å². The molecule has 1 amide bonds. The van der Waals surface area contributed by atoms with Crippen LogP contribution in [0.4, 0.5) is 5.69 Å². The first-order chi connectivity index (χ1) is 12.0. The van der Waals surface area contributed by atoms with Crippen LogP contribution >= 0.6 is 0 Å². The highest BCUT2D eigenvalue weighted by atomic mass is 16.2. The van der Waals surface area contributed by atoms with Crippen LogP contribution in [0.25, 0.3) is 0 Å². The molecule has 0 fully saturated rings. The summed E-state index contributed by atoms with van der Waals surface area (Å²) in [6.45, 7) is 1.68. The van der Waals surface area contributed by atoms with E-state index in [9.17, 15) is 4.79 Å². The fourth-order valence-electron chi connectivity index (χ4n) is 3.46. The Bertz CT molecular complexity index is 756. The van der Waals surface area contributed by atoms with Gasteiger partial charge < -0.3 is 9.80 Å². The Morgan fingerprint density at radius 2 is 1.80 bits per heavy atom. The number of likely N-dealkylation sites (N-methyl/N-ethyl adjacent to an activating group) is 2. The van der Waals surface area contributed by atoms with Crippen molar-refractivity contribution < 1.29 is 4.79 Å². The molecule has 0 spiro atoms. The number of hydrogen-bond acceptors (Lipinski definition) is 3. The molecule has 0 saturated heterocycles. The Balaban J connectivity index is 1.70. The van der Waals surface area contributed by atoms with E-state index in [-0.39, 0.29) is 5.91 Å². The zero-order valence-corrected chi connectivity index (χ0v) is 15.6. The second-order valence-corrected chi connectivity index (χ2v) is 7.17. The second-order valence-electron chi connectivity index (χ2n) is 7.17. The summed E-state index contributed by atoms with van der Waals surface area (Å²) in [4.78, 5) is 19.1. The fraction of sp³-hybridized carbons (Fsp3) is 0.381. The van der Waals surface area contributed by atoms with E-state index >= 15 is 0 Å². The molecule has 3 rings (SSSR count). The Hall–Kier alpha value is -2.33. The number of hydrogen-bond donors (Lipinski definition) is 0. The third kappa shape index (κ3) is 3.85. The van der Waals surface area contributed by atoms with Crippen LogP contribution in [-0.2, 0) is 13.0 Å². The Morgan fingerprint density at radius 1 is 1.08 bits per heavy atom. The summed E-state index contributed by atoms with van der Waals surface area (Å²) in [5.74, 6) is 0.0796. The largest absolute Gasteiger partial charge is 0.378 e. The summed E-state index contributed by atoms with van der Waals surface area (Å²) < 4.78 is 0. The van der Waals surface area contributed by atoms with E-state index < -0.39 is 0 Å². The summed E-state index contributed by atoms with van der Waals surface area (Å²) in [5.41, 5.74) is 4.59. The number of carbonyl (C=O) groups excluding carboxylic acids is 1. The van der Waals surface area contributed by atoms with E-state index in [2.05, 4.69) is 36.2 Å². The van der Waals surface area contributed by atoms with Crippen LogP contribution in [0.5, 0.6) is 0 Å². The van der Waals surface area contributed by atoms with E-state index in [4.69, 9.17) is 0 Å². The van der Waals surface area contributed by atoms with Gasteiger partial charge in [-0.2, -0.15) is 0 Å². The monoisotopic (exact) mass is 337 g/mol. The zero-order chi connectivity index (χ0) is 18.0. The smallest absolute Gasteiger partial charge is 0.253 e. The van der Waals surface area contributed by atoms with Crippen molar-refractivity contribution in [2.75, 3.05) is 39.6 Å². The molecule has 25 heavy (non-hydrogen) atoms. The minimum Gasteiger partial charge on any atom is -0.378 e. The molecule has 1 aliphatic heterocycles.